The maximum Gasteiger partial charge on any atom is 0.245 e. The van der Waals surface area contributed by atoms with E-state index in [0.717, 1.165) is 48.6 Å². The van der Waals surface area contributed by atoms with Crippen molar-refractivity contribution in [2.24, 2.45) is 0 Å². The van der Waals surface area contributed by atoms with Crippen LogP contribution in [0.4, 0.5) is 23.0 Å². The molecule has 12 nitrogen and oxygen atoms in total. The summed E-state index contributed by atoms with van der Waals surface area (Å²) < 4.78 is 30.9. The smallest absolute Gasteiger partial charge is 0.245 e. The van der Waals surface area contributed by atoms with E-state index in [1.165, 1.54) is 6.26 Å². The highest BCUT2D eigenvalue weighted by Gasteiger charge is 2.20. The van der Waals surface area contributed by atoms with Crippen LogP contribution in [0.15, 0.2) is 60.8 Å². The molecule has 4 aromatic rings. The van der Waals surface area contributed by atoms with Gasteiger partial charge in [-0.3, -0.25) is 9.69 Å². The van der Waals surface area contributed by atoms with Crippen LogP contribution in [0, 0.1) is 0 Å². The Balaban J connectivity index is 1.35. The molecular weight excluding hydrogens is 556 g/mol. The van der Waals surface area contributed by atoms with Crippen molar-refractivity contribution in [3.8, 4) is 17.0 Å². The number of nitrogens with zero attached hydrogens (tertiary/aromatic N) is 6. The molecule has 222 valence electrons. The number of rotatable bonds is 10. The Labute approximate surface area is 245 Å². The summed E-state index contributed by atoms with van der Waals surface area (Å²) >= 11 is 0. The number of hydrogen-bond acceptors (Lipinski definition) is 10. The fourth-order valence-electron chi connectivity index (χ4n) is 4.79. The van der Waals surface area contributed by atoms with Crippen LogP contribution in [0.2, 0.25) is 0 Å². The first-order valence-corrected chi connectivity index (χ1v) is 15.7. The molecule has 1 saturated heterocycles. The van der Waals surface area contributed by atoms with Crippen LogP contribution in [0.1, 0.15) is 0 Å². The zero-order chi connectivity index (χ0) is 29.9. The van der Waals surface area contributed by atoms with Crippen LogP contribution in [0.25, 0.3) is 16.8 Å². The van der Waals surface area contributed by atoms with Crippen molar-refractivity contribution < 1.29 is 17.9 Å². The number of carbonyl (C=O) groups is 1. The molecular formula is C29H36N8O4S. The molecule has 3 heterocycles. The molecule has 0 atom stereocenters. The molecule has 0 bridgehead atoms. The summed E-state index contributed by atoms with van der Waals surface area (Å²) in [5.41, 5.74) is 4.39. The predicted molar refractivity (Wildman–Crippen MR) is 165 cm³/mol. The van der Waals surface area contributed by atoms with E-state index in [4.69, 9.17) is 9.84 Å². The van der Waals surface area contributed by atoms with E-state index in [1.54, 1.807) is 29.8 Å². The highest BCUT2D eigenvalue weighted by molar-refractivity contribution is 7.90. The molecule has 42 heavy (non-hydrogen) atoms. The number of fused-ring (bicyclic) bond motifs is 1. The molecule has 1 aliphatic heterocycles. The van der Waals surface area contributed by atoms with Crippen molar-refractivity contribution >= 4 is 44.3 Å². The van der Waals surface area contributed by atoms with Gasteiger partial charge in [-0.05, 0) is 37.4 Å². The van der Waals surface area contributed by atoms with Crippen molar-refractivity contribution in [1.29, 1.82) is 0 Å². The van der Waals surface area contributed by atoms with Crippen molar-refractivity contribution in [3.63, 3.8) is 0 Å². The number of hydrogen-bond donors (Lipinski definition) is 2. The highest BCUT2D eigenvalue weighted by Crippen LogP contribution is 2.32. The van der Waals surface area contributed by atoms with Gasteiger partial charge in [0.1, 0.15) is 11.6 Å². The number of amides is 1. The van der Waals surface area contributed by atoms with Gasteiger partial charge in [-0.1, -0.05) is 18.2 Å². The van der Waals surface area contributed by atoms with Crippen molar-refractivity contribution in [2.45, 2.75) is 0 Å². The topological polar surface area (TPSA) is 124 Å². The summed E-state index contributed by atoms with van der Waals surface area (Å²) in [7, 11) is 2.23. The van der Waals surface area contributed by atoms with Gasteiger partial charge in [0, 0.05) is 62.5 Å². The van der Waals surface area contributed by atoms with Crippen molar-refractivity contribution in [1.82, 2.24) is 24.4 Å². The number of aromatic nitrogens is 3. The molecule has 0 saturated carbocycles. The lowest BCUT2D eigenvalue weighted by Crippen LogP contribution is -2.48. The van der Waals surface area contributed by atoms with E-state index in [1.807, 2.05) is 54.6 Å². The number of ether oxygens (including phenoxy) is 1. The van der Waals surface area contributed by atoms with E-state index in [-0.39, 0.29) is 11.8 Å². The first kappa shape index (κ1) is 29.3. The second kappa shape index (κ2) is 12.3. The fourth-order valence-corrected chi connectivity index (χ4v) is 5.21. The minimum absolute atomic E-state index is 0.0162. The average Bonchev–Trinajstić information content (AvgIpc) is 3.40. The molecule has 1 amide bonds. The summed E-state index contributed by atoms with van der Waals surface area (Å²) in [6.45, 7) is 4.02. The van der Waals surface area contributed by atoms with E-state index < -0.39 is 9.84 Å². The van der Waals surface area contributed by atoms with Crippen LogP contribution < -0.4 is 20.3 Å². The number of sulfone groups is 1. The number of piperazine rings is 1. The Kier molecular flexibility index (Phi) is 8.61. The van der Waals surface area contributed by atoms with E-state index in [2.05, 4.69) is 32.5 Å². The molecule has 0 radical (unpaired) electrons. The number of carbonyl (C=O) groups excluding carboxylic acids is 1. The maximum atomic E-state index is 13.0. The third-order valence-electron chi connectivity index (χ3n) is 7.27. The number of nitrogens with one attached hydrogen (secondary N) is 2. The SMILES string of the molecule is COc1cc(N(C)C(=O)CN2CCN(C)CC2)ccc1Nc1ncc2ccc(-c3ccccc3NCS(C)(=O)=O)n2n1. The largest absolute Gasteiger partial charge is 0.494 e. The second-order valence-electron chi connectivity index (χ2n) is 10.5. The van der Waals surface area contributed by atoms with Gasteiger partial charge in [0.2, 0.25) is 11.9 Å². The lowest BCUT2D eigenvalue weighted by Gasteiger charge is -2.32. The molecule has 2 aromatic heterocycles. The Bertz CT molecular complexity index is 1680. The molecule has 1 aliphatic rings. The highest BCUT2D eigenvalue weighted by atomic mass is 32.2. The van der Waals surface area contributed by atoms with E-state index in [9.17, 15) is 13.2 Å². The standard InChI is InChI=1S/C29H36N8O4S/c1-34-13-15-36(16-14-34)19-28(38)35(2)21-9-11-25(27(17-21)41-3)32-29-30-18-22-10-12-26(37(22)33-29)23-7-5-6-8-24(23)31-20-42(4,39)40/h5-12,17-18,31H,13-16,19-20H2,1-4H3,(H,32,33). The first-order chi connectivity index (χ1) is 20.1. The zero-order valence-electron chi connectivity index (χ0n) is 24.2. The van der Waals surface area contributed by atoms with Crippen LogP contribution in [0.3, 0.4) is 0 Å². The molecule has 0 unspecified atom stereocenters. The van der Waals surface area contributed by atoms with Crippen LogP contribution in [-0.4, -0.2) is 105 Å². The molecule has 2 aromatic carbocycles. The summed E-state index contributed by atoms with van der Waals surface area (Å²) in [6.07, 6.45) is 2.89. The quantitative estimate of drug-likeness (QED) is 0.284. The van der Waals surface area contributed by atoms with Gasteiger partial charge in [0.15, 0.2) is 9.84 Å². The number of para-hydroxylation sites is 1. The molecule has 5 rings (SSSR count). The average molecular weight is 593 g/mol. The molecule has 0 spiro atoms. The Morgan fingerprint density at radius 2 is 1.81 bits per heavy atom. The number of methoxy groups -OCH3 is 1. The normalized spacial score (nSPS) is 14.6. The lowest BCUT2D eigenvalue weighted by molar-refractivity contribution is -0.119. The minimum Gasteiger partial charge on any atom is -0.494 e. The van der Waals surface area contributed by atoms with E-state index in [0.29, 0.717) is 29.6 Å². The monoisotopic (exact) mass is 592 g/mol. The fraction of sp³-hybridized carbons (Fsp3) is 0.345. The molecule has 2 N–H and O–H groups in total. The van der Waals surface area contributed by atoms with Gasteiger partial charge in [0.05, 0.1) is 36.7 Å². The summed E-state index contributed by atoms with van der Waals surface area (Å²) in [4.78, 5) is 23.5. The minimum atomic E-state index is -3.21. The van der Waals surface area contributed by atoms with Gasteiger partial charge >= 0.3 is 0 Å². The van der Waals surface area contributed by atoms with Gasteiger partial charge in [0.25, 0.3) is 0 Å². The van der Waals surface area contributed by atoms with E-state index >= 15 is 0 Å². The summed E-state index contributed by atoms with van der Waals surface area (Å²) in [6, 6.07) is 16.8. The van der Waals surface area contributed by atoms with Crippen molar-refractivity contribution in [2.75, 3.05) is 81.6 Å². The Morgan fingerprint density at radius 1 is 1.05 bits per heavy atom. The second-order valence-corrected chi connectivity index (χ2v) is 12.6. The number of likely N-dealkylation sites (N-methyl/N-ethyl adjacent to an activating group) is 2. The lowest BCUT2D eigenvalue weighted by atomic mass is 10.1. The van der Waals surface area contributed by atoms with Gasteiger partial charge in [-0.2, -0.15) is 0 Å². The molecule has 0 aliphatic carbocycles. The third-order valence-corrected chi connectivity index (χ3v) is 7.94. The number of anilines is 4. The van der Waals surface area contributed by atoms with Crippen LogP contribution in [0.5, 0.6) is 5.75 Å². The van der Waals surface area contributed by atoms with Crippen LogP contribution in [-0.2, 0) is 14.6 Å². The summed E-state index contributed by atoms with van der Waals surface area (Å²) in [5.74, 6) is 0.717. The Morgan fingerprint density at radius 3 is 2.55 bits per heavy atom. The van der Waals surface area contributed by atoms with Crippen molar-refractivity contribution in [3.05, 3.63) is 60.8 Å². The zero-order valence-corrected chi connectivity index (χ0v) is 25.1. The predicted octanol–water partition coefficient (Wildman–Crippen LogP) is 2.77. The maximum absolute atomic E-state index is 13.0. The molecule has 13 heteroatoms. The number of benzene rings is 2. The van der Waals surface area contributed by atoms with Gasteiger partial charge in [-0.15, -0.1) is 5.10 Å². The third kappa shape index (κ3) is 6.81. The summed E-state index contributed by atoms with van der Waals surface area (Å²) in [5, 5.41) is 11.0. The van der Waals surface area contributed by atoms with Gasteiger partial charge in [-0.25, -0.2) is 17.9 Å². The first-order valence-electron chi connectivity index (χ1n) is 13.6. The molecule has 1 fully saturated rings. The van der Waals surface area contributed by atoms with Gasteiger partial charge < -0.3 is 25.2 Å². The van der Waals surface area contributed by atoms with Crippen LogP contribution >= 0.6 is 0 Å². The Hall–Kier alpha value is -4.20.